The molecule has 1 saturated carbocycles. The Kier molecular flexibility index (Phi) is 6.84. The van der Waals surface area contributed by atoms with Crippen molar-refractivity contribution < 1.29 is 8.78 Å². The van der Waals surface area contributed by atoms with Crippen LogP contribution in [0.3, 0.4) is 0 Å². The average Bonchev–Trinajstić information content (AvgIpc) is 2.79. The Balaban J connectivity index is 1.31. The molecule has 3 aromatic rings. The summed E-state index contributed by atoms with van der Waals surface area (Å²) >= 11 is 0. The molecule has 1 aliphatic rings. The van der Waals surface area contributed by atoms with Gasteiger partial charge < -0.3 is 15.5 Å². The molecule has 1 aliphatic carbocycles. The van der Waals surface area contributed by atoms with Crippen molar-refractivity contribution in [3.8, 4) is 0 Å². The lowest BCUT2D eigenvalue weighted by Crippen LogP contribution is -2.32. The van der Waals surface area contributed by atoms with Crippen molar-refractivity contribution in [3.63, 3.8) is 0 Å². The Labute approximate surface area is 188 Å². The molecule has 0 amide bonds. The maximum absolute atomic E-state index is 14.2. The third kappa shape index (κ3) is 4.99. The summed E-state index contributed by atoms with van der Waals surface area (Å²) in [5.41, 5.74) is 1.54. The molecule has 32 heavy (non-hydrogen) atoms. The molecule has 0 radical (unpaired) electrons. The van der Waals surface area contributed by atoms with Gasteiger partial charge in [-0.05, 0) is 68.8 Å². The van der Waals surface area contributed by atoms with Crippen LogP contribution in [-0.4, -0.2) is 36.6 Å². The van der Waals surface area contributed by atoms with Crippen molar-refractivity contribution in [1.29, 1.82) is 0 Å². The molecule has 0 atom stereocenters. The molecule has 5 nitrogen and oxygen atoms in total. The van der Waals surface area contributed by atoms with Gasteiger partial charge in [0.15, 0.2) is 0 Å². The number of para-hydroxylation sites is 1. The summed E-state index contributed by atoms with van der Waals surface area (Å²) in [7, 11) is 3.98. The van der Waals surface area contributed by atoms with Crippen molar-refractivity contribution >= 4 is 22.7 Å². The molecule has 1 heterocycles. The number of hydrogen-bond donors (Lipinski definition) is 2. The Morgan fingerprint density at radius 2 is 1.75 bits per heavy atom. The summed E-state index contributed by atoms with van der Waals surface area (Å²) < 4.78 is 28.1. The number of rotatable bonds is 7. The highest BCUT2D eigenvalue weighted by Gasteiger charge is 2.22. The van der Waals surface area contributed by atoms with Gasteiger partial charge >= 0.3 is 0 Å². The maximum atomic E-state index is 14.2. The lowest BCUT2D eigenvalue weighted by atomic mass is 9.86. The van der Waals surface area contributed by atoms with Crippen LogP contribution in [0.25, 0.3) is 10.9 Å². The molecule has 7 heteroatoms. The van der Waals surface area contributed by atoms with Crippen molar-refractivity contribution in [2.24, 2.45) is 5.92 Å². The van der Waals surface area contributed by atoms with E-state index in [9.17, 15) is 8.78 Å². The van der Waals surface area contributed by atoms with E-state index in [-0.39, 0.29) is 12.1 Å². The molecule has 0 saturated heterocycles. The zero-order chi connectivity index (χ0) is 22.7. The zero-order valence-electron chi connectivity index (χ0n) is 19.0. The van der Waals surface area contributed by atoms with Crippen LogP contribution in [0.2, 0.25) is 0 Å². The fourth-order valence-corrected chi connectivity index (χ4v) is 4.44. The number of benzene rings is 2. The van der Waals surface area contributed by atoms with E-state index < -0.39 is 11.6 Å². The third-order valence-electron chi connectivity index (χ3n) is 6.30. The average molecular weight is 440 g/mol. The predicted molar refractivity (Wildman–Crippen MR) is 126 cm³/mol. The SMILES string of the molecule is Cc1ccc(F)c(CNC[C@H]2CC[C@@H](Nc3nc(N(C)C)c4ccccc4n3)CC2)c1F. The normalized spacial score (nSPS) is 18.7. The Morgan fingerprint density at radius 1 is 1.00 bits per heavy atom. The van der Waals surface area contributed by atoms with Crippen molar-refractivity contribution in [2.75, 3.05) is 30.9 Å². The molecule has 0 unspecified atom stereocenters. The summed E-state index contributed by atoms with van der Waals surface area (Å²) in [6.07, 6.45) is 4.15. The van der Waals surface area contributed by atoms with Crippen LogP contribution in [0.5, 0.6) is 0 Å². The number of hydrogen-bond acceptors (Lipinski definition) is 5. The van der Waals surface area contributed by atoms with Gasteiger partial charge in [-0.3, -0.25) is 0 Å². The van der Waals surface area contributed by atoms with Gasteiger partial charge in [0, 0.05) is 37.6 Å². The van der Waals surface area contributed by atoms with Gasteiger partial charge in [-0.2, -0.15) is 4.98 Å². The first kappa shape index (κ1) is 22.4. The highest BCUT2D eigenvalue weighted by molar-refractivity contribution is 5.90. The summed E-state index contributed by atoms with van der Waals surface area (Å²) in [4.78, 5) is 11.5. The van der Waals surface area contributed by atoms with E-state index in [0.29, 0.717) is 23.5 Å². The van der Waals surface area contributed by atoms with Gasteiger partial charge in [0.25, 0.3) is 0 Å². The van der Waals surface area contributed by atoms with Gasteiger partial charge in [0.1, 0.15) is 17.5 Å². The summed E-state index contributed by atoms with van der Waals surface area (Å²) in [6.45, 7) is 2.64. The molecule has 0 bridgehead atoms. The number of nitrogens with one attached hydrogen (secondary N) is 2. The molecule has 4 rings (SSSR count). The van der Waals surface area contributed by atoms with E-state index in [1.807, 2.05) is 43.3 Å². The lowest BCUT2D eigenvalue weighted by Gasteiger charge is -2.29. The zero-order valence-corrected chi connectivity index (χ0v) is 19.0. The second-order valence-corrected chi connectivity index (χ2v) is 8.93. The quantitative estimate of drug-likeness (QED) is 0.540. The molecule has 1 aromatic heterocycles. The molecule has 0 aliphatic heterocycles. The summed E-state index contributed by atoms with van der Waals surface area (Å²) in [6, 6.07) is 11.2. The van der Waals surface area contributed by atoms with Gasteiger partial charge in [0.2, 0.25) is 5.95 Å². The smallest absolute Gasteiger partial charge is 0.225 e. The second-order valence-electron chi connectivity index (χ2n) is 8.93. The van der Waals surface area contributed by atoms with E-state index in [2.05, 4.69) is 10.6 Å². The highest BCUT2D eigenvalue weighted by atomic mass is 19.1. The molecule has 1 fully saturated rings. The Morgan fingerprint density at radius 3 is 2.50 bits per heavy atom. The molecular formula is C25H31F2N5. The number of aryl methyl sites for hydroxylation is 1. The third-order valence-corrected chi connectivity index (χ3v) is 6.30. The van der Waals surface area contributed by atoms with Crippen LogP contribution >= 0.6 is 0 Å². The van der Waals surface area contributed by atoms with Gasteiger partial charge in [-0.25, -0.2) is 13.8 Å². The number of aromatic nitrogens is 2. The van der Waals surface area contributed by atoms with Crippen LogP contribution < -0.4 is 15.5 Å². The molecule has 0 spiro atoms. The lowest BCUT2D eigenvalue weighted by molar-refractivity contribution is 0.322. The fraction of sp³-hybridized carbons (Fsp3) is 0.440. The van der Waals surface area contributed by atoms with Crippen LogP contribution in [0.15, 0.2) is 36.4 Å². The van der Waals surface area contributed by atoms with Crippen LogP contribution in [0, 0.1) is 24.5 Å². The Hall–Kier alpha value is -2.80. The van der Waals surface area contributed by atoms with Crippen LogP contribution in [0.1, 0.15) is 36.8 Å². The number of anilines is 2. The monoisotopic (exact) mass is 439 g/mol. The minimum Gasteiger partial charge on any atom is -0.362 e. The molecule has 2 N–H and O–H groups in total. The first-order valence-corrected chi connectivity index (χ1v) is 11.3. The molecule has 170 valence electrons. The van der Waals surface area contributed by atoms with E-state index in [0.717, 1.165) is 48.9 Å². The second kappa shape index (κ2) is 9.77. The van der Waals surface area contributed by atoms with E-state index in [1.165, 1.54) is 12.1 Å². The molecule has 2 aromatic carbocycles. The minimum absolute atomic E-state index is 0.130. The Bertz CT molecular complexity index is 1080. The first-order chi connectivity index (χ1) is 15.4. The van der Waals surface area contributed by atoms with E-state index in [4.69, 9.17) is 9.97 Å². The standard InChI is InChI=1S/C25H31F2N5/c1-16-8-13-21(26)20(23(16)27)15-28-14-17-9-11-18(12-10-17)29-25-30-22-7-5-4-6-19(22)24(31-25)32(2)3/h4-8,13,17-18,28H,9-12,14-15H2,1-3H3,(H,29,30,31)/t17-,18+. The maximum Gasteiger partial charge on any atom is 0.225 e. The highest BCUT2D eigenvalue weighted by Crippen LogP contribution is 2.28. The van der Waals surface area contributed by atoms with Gasteiger partial charge in [-0.15, -0.1) is 0 Å². The van der Waals surface area contributed by atoms with Gasteiger partial charge in [-0.1, -0.05) is 18.2 Å². The van der Waals surface area contributed by atoms with Crippen LogP contribution in [-0.2, 0) is 6.54 Å². The molecular weight excluding hydrogens is 408 g/mol. The largest absolute Gasteiger partial charge is 0.362 e. The van der Waals surface area contributed by atoms with Crippen LogP contribution in [0.4, 0.5) is 20.5 Å². The van der Waals surface area contributed by atoms with Crippen molar-refractivity contribution in [2.45, 2.75) is 45.2 Å². The van der Waals surface area contributed by atoms with E-state index >= 15 is 0 Å². The summed E-state index contributed by atoms with van der Waals surface area (Å²) in [5, 5.41) is 7.82. The number of fused-ring (bicyclic) bond motifs is 1. The topological polar surface area (TPSA) is 53.1 Å². The fourth-order valence-electron chi connectivity index (χ4n) is 4.44. The minimum atomic E-state index is -0.485. The van der Waals surface area contributed by atoms with Gasteiger partial charge in [0.05, 0.1) is 5.52 Å². The number of halogens is 2. The first-order valence-electron chi connectivity index (χ1n) is 11.3. The summed E-state index contributed by atoms with van der Waals surface area (Å²) in [5.74, 6) is 1.14. The predicted octanol–water partition coefficient (Wildman–Crippen LogP) is 5.04. The van der Waals surface area contributed by atoms with E-state index in [1.54, 1.807) is 6.92 Å². The number of nitrogens with zero attached hydrogens (tertiary/aromatic N) is 3. The van der Waals surface area contributed by atoms with Crippen molar-refractivity contribution in [3.05, 3.63) is 59.2 Å². The van der Waals surface area contributed by atoms with Crippen molar-refractivity contribution in [1.82, 2.24) is 15.3 Å².